The van der Waals surface area contributed by atoms with E-state index in [1.165, 1.54) is 41.9 Å². The van der Waals surface area contributed by atoms with Gasteiger partial charge in [0.05, 0.1) is 4.90 Å². The lowest BCUT2D eigenvalue weighted by atomic mass is 10.1. The Labute approximate surface area is 185 Å². The highest BCUT2D eigenvalue weighted by Gasteiger charge is 2.16. The van der Waals surface area contributed by atoms with Crippen LogP contribution in [0.25, 0.3) is 10.3 Å². The van der Waals surface area contributed by atoms with E-state index in [0.717, 1.165) is 10.6 Å². The van der Waals surface area contributed by atoms with Crippen LogP contribution in [0.5, 0.6) is 0 Å². The highest BCUT2D eigenvalue weighted by atomic mass is 35.5. The number of benzene rings is 2. The zero-order valence-corrected chi connectivity index (χ0v) is 18.3. The molecule has 0 aliphatic rings. The van der Waals surface area contributed by atoms with Gasteiger partial charge in [0.15, 0.2) is 11.8 Å². The minimum absolute atomic E-state index is 0.0871. The molecule has 6 nitrogen and oxygen atoms in total. The number of thiazole rings is 1. The molecular formula is C19H13Cl2FN4O2S2. The summed E-state index contributed by atoms with van der Waals surface area (Å²) in [5, 5.41) is 5.00. The van der Waals surface area contributed by atoms with Gasteiger partial charge in [-0.25, -0.2) is 27.8 Å². The molecule has 4 rings (SSSR count). The van der Waals surface area contributed by atoms with Crippen LogP contribution >= 0.6 is 34.5 Å². The molecule has 0 radical (unpaired) electrons. The SMILES string of the molecule is O=S(=O)(CF)c1ccc(Nc2ncnc3sc(Cc4c(Cl)cccc4Cl)nc23)cc1. The minimum Gasteiger partial charge on any atom is -0.338 e. The molecule has 4 aromatic rings. The van der Waals surface area contributed by atoms with Gasteiger partial charge in [-0.3, -0.25) is 0 Å². The summed E-state index contributed by atoms with van der Waals surface area (Å²) >= 11 is 13.9. The van der Waals surface area contributed by atoms with E-state index in [1.54, 1.807) is 18.2 Å². The zero-order chi connectivity index (χ0) is 21.3. The fourth-order valence-electron chi connectivity index (χ4n) is 2.76. The summed E-state index contributed by atoms with van der Waals surface area (Å²) in [4.78, 5) is 13.7. The Bertz CT molecular complexity index is 1310. The Morgan fingerprint density at radius 3 is 2.40 bits per heavy atom. The number of halogens is 3. The summed E-state index contributed by atoms with van der Waals surface area (Å²) in [6.07, 6.45) is 1.87. The Balaban J connectivity index is 1.63. The second-order valence-electron chi connectivity index (χ2n) is 6.23. The number of rotatable bonds is 6. The van der Waals surface area contributed by atoms with Crippen molar-refractivity contribution < 1.29 is 12.8 Å². The maximum atomic E-state index is 12.6. The topological polar surface area (TPSA) is 84.8 Å². The molecule has 11 heteroatoms. The average molecular weight is 483 g/mol. The minimum atomic E-state index is -3.91. The molecule has 0 atom stereocenters. The quantitative estimate of drug-likeness (QED) is 0.394. The van der Waals surface area contributed by atoms with Crippen LogP contribution in [0.2, 0.25) is 10.0 Å². The van der Waals surface area contributed by atoms with Crippen molar-refractivity contribution in [2.24, 2.45) is 0 Å². The van der Waals surface area contributed by atoms with Crippen LogP contribution in [0.4, 0.5) is 15.9 Å². The summed E-state index contributed by atoms with van der Waals surface area (Å²) in [7, 11) is -3.91. The normalized spacial score (nSPS) is 11.7. The highest BCUT2D eigenvalue weighted by Crippen LogP contribution is 2.32. The number of nitrogens with zero attached hydrogens (tertiary/aromatic N) is 3. The molecule has 0 aliphatic carbocycles. The molecule has 1 N–H and O–H groups in total. The van der Waals surface area contributed by atoms with E-state index in [9.17, 15) is 12.8 Å². The van der Waals surface area contributed by atoms with Gasteiger partial charge >= 0.3 is 0 Å². The van der Waals surface area contributed by atoms with Gasteiger partial charge in [0.2, 0.25) is 9.84 Å². The average Bonchev–Trinajstić information content (AvgIpc) is 3.15. The van der Waals surface area contributed by atoms with Gasteiger partial charge in [-0.2, -0.15) is 0 Å². The summed E-state index contributed by atoms with van der Waals surface area (Å²) in [5.41, 5.74) is 1.93. The van der Waals surface area contributed by atoms with Crippen LogP contribution in [-0.2, 0) is 16.3 Å². The van der Waals surface area contributed by atoms with Gasteiger partial charge in [0, 0.05) is 22.2 Å². The number of sulfone groups is 1. The standard InChI is InChI=1S/C19H13Cl2FN4O2S2/c20-14-2-1-3-15(21)13(14)8-16-26-17-18(23-10-24-19(17)29-16)25-11-4-6-12(7-5-11)30(27,28)9-22/h1-7,10H,8-9H2,(H,23,24,25). The van der Waals surface area contributed by atoms with Crippen molar-refractivity contribution in [1.29, 1.82) is 0 Å². The molecule has 0 unspecified atom stereocenters. The highest BCUT2D eigenvalue weighted by molar-refractivity contribution is 7.91. The number of aromatic nitrogens is 3. The van der Waals surface area contributed by atoms with Gasteiger partial charge in [-0.15, -0.1) is 0 Å². The molecule has 0 saturated carbocycles. The summed E-state index contributed by atoms with van der Waals surface area (Å²) in [6, 6.07) is 9.63. The smallest absolute Gasteiger partial charge is 0.207 e. The first-order valence-corrected chi connectivity index (χ1v) is 11.8. The van der Waals surface area contributed by atoms with Gasteiger partial charge in [0.25, 0.3) is 0 Å². The molecule has 0 aliphatic heterocycles. The van der Waals surface area contributed by atoms with E-state index in [0.29, 0.717) is 38.3 Å². The predicted octanol–water partition coefficient (Wildman–Crippen LogP) is 5.43. The molecule has 0 spiro atoms. The van der Waals surface area contributed by atoms with E-state index in [4.69, 9.17) is 23.2 Å². The van der Waals surface area contributed by atoms with E-state index < -0.39 is 15.8 Å². The maximum Gasteiger partial charge on any atom is 0.207 e. The van der Waals surface area contributed by atoms with Crippen molar-refractivity contribution in [2.45, 2.75) is 11.3 Å². The molecule has 2 aromatic heterocycles. The van der Waals surface area contributed by atoms with Crippen molar-refractivity contribution >= 4 is 66.2 Å². The zero-order valence-electron chi connectivity index (χ0n) is 15.1. The van der Waals surface area contributed by atoms with Crippen molar-refractivity contribution in [1.82, 2.24) is 15.0 Å². The molecule has 0 amide bonds. The van der Waals surface area contributed by atoms with E-state index in [1.807, 2.05) is 0 Å². The van der Waals surface area contributed by atoms with Crippen LogP contribution < -0.4 is 5.32 Å². The Morgan fingerprint density at radius 2 is 1.73 bits per heavy atom. The van der Waals surface area contributed by atoms with Crippen molar-refractivity contribution in [3.05, 3.63) is 69.4 Å². The Hall–Kier alpha value is -2.33. The van der Waals surface area contributed by atoms with Crippen LogP contribution in [0.15, 0.2) is 53.7 Å². The maximum absolute atomic E-state index is 12.6. The molecule has 0 saturated heterocycles. The van der Waals surface area contributed by atoms with Crippen molar-refractivity contribution in [2.75, 3.05) is 11.3 Å². The Kier molecular flexibility index (Phi) is 5.88. The molecule has 154 valence electrons. The third-order valence-electron chi connectivity index (χ3n) is 4.25. The summed E-state index contributed by atoms with van der Waals surface area (Å²) in [6.45, 7) is 0. The third kappa shape index (κ3) is 4.24. The number of anilines is 2. The van der Waals surface area contributed by atoms with Gasteiger partial charge in [-0.05, 0) is 42.0 Å². The molecule has 0 fully saturated rings. The first kappa shape index (κ1) is 20.9. The van der Waals surface area contributed by atoms with Crippen LogP contribution in [0.3, 0.4) is 0 Å². The second-order valence-corrected chi connectivity index (χ2v) is 10.0. The van der Waals surface area contributed by atoms with E-state index in [-0.39, 0.29) is 4.90 Å². The molecule has 2 aromatic carbocycles. The number of hydrogen-bond acceptors (Lipinski definition) is 7. The first-order chi connectivity index (χ1) is 14.4. The van der Waals surface area contributed by atoms with Crippen LogP contribution in [-0.4, -0.2) is 29.4 Å². The number of alkyl halides is 1. The fraction of sp³-hybridized carbons (Fsp3) is 0.105. The monoisotopic (exact) mass is 482 g/mol. The molecule has 0 bridgehead atoms. The van der Waals surface area contributed by atoms with Gasteiger partial charge in [-0.1, -0.05) is 40.6 Å². The molecule has 30 heavy (non-hydrogen) atoms. The first-order valence-electron chi connectivity index (χ1n) is 8.56. The lowest BCUT2D eigenvalue weighted by Crippen LogP contribution is -2.02. The number of nitrogens with one attached hydrogen (secondary N) is 1. The lowest BCUT2D eigenvalue weighted by Gasteiger charge is -2.07. The fourth-order valence-corrected chi connectivity index (χ4v) is 4.89. The molecule has 2 heterocycles. The predicted molar refractivity (Wildman–Crippen MR) is 117 cm³/mol. The lowest BCUT2D eigenvalue weighted by molar-refractivity contribution is 0.534. The van der Waals surface area contributed by atoms with Crippen molar-refractivity contribution in [3.8, 4) is 0 Å². The summed E-state index contributed by atoms with van der Waals surface area (Å²) < 4.78 is 35.8. The van der Waals surface area contributed by atoms with E-state index in [2.05, 4.69) is 20.3 Å². The third-order valence-corrected chi connectivity index (χ3v) is 7.20. The van der Waals surface area contributed by atoms with Crippen LogP contribution in [0, 0.1) is 0 Å². The van der Waals surface area contributed by atoms with Crippen LogP contribution in [0.1, 0.15) is 10.6 Å². The van der Waals surface area contributed by atoms with Gasteiger partial charge < -0.3 is 5.32 Å². The number of fused-ring (bicyclic) bond motifs is 1. The molecular weight excluding hydrogens is 470 g/mol. The van der Waals surface area contributed by atoms with Gasteiger partial charge in [0.1, 0.15) is 21.7 Å². The number of hydrogen-bond donors (Lipinski definition) is 1. The summed E-state index contributed by atoms with van der Waals surface area (Å²) in [5.74, 6) is 0.467. The largest absolute Gasteiger partial charge is 0.338 e. The van der Waals surface area contributed by atoms with Crippen molar-refractivity contribution in [3.63, 3.8) is 0 Å². The second kappa shape index (κ2) is 8.43. The Morgan fingerprint density at radius 1 is 1.03 bits per heavy atom. The van der Waals surface area contributed by atoms with E-state index >= 15 is 0 Å².